The molecule has 0 aliphatic carbocycles. The van der Waals surface area contributed by atoms with Crippen LogP contribution >= 0.6 is 0 Å². The number of urea groups is 1. The number of carbonyl (C=O) groups is 2. The van der Waals surface area contributed by atoms with E-state index in [0.717, 1.165) is 12.1 Å². The lowest BCUT2D eigenvalue weighted by molar-refractivity contribution is 0.0692. The molecule has 1 heterocycles. The Kier molecular flexibility index (Phi) is 4.44. The molecular weight excluding hydrogens is 283 g/mol. The van der Waals surface area contributed by atoms with Gasteiger partial charge in [-0.3, -0.25) is 0 Å². The molecule has 0 atom stereocenters. The third-order valence-electron chi connectivity index (χ3n) is 2.49. The summed E-state index contributed by atoms with van der Waals surface area (Å²) in [6.45, 7) is 0.251. The predicted octanol–water partition coefficient (Wildman–Crippen LogP) is 1.27. The number of halogens is 1. The molecule has 1 aromatic carbocycles. The van der Waals surface area contributed by atoms with Crippen molar-refractivity contribution in [1.29, 1.82) is 0 Å². The van der Waals surface area contributed by atoms with Gasteiger partial charge in [-0.05, 0) is 18.2 Å². The summed E-state index contributed by atoms with van der Waals surface area (Å²) in [4.78, 5) is 26.1. The maximum absolute atomic E-state index is 13.2. The third kappa shape index (κ3) is 4.00. The number of carboxylic acids is 1. The lowest BCUT2D eigenvalue weighted by Gasteiger charge is -2.07. The number of rotatable bonds is 5. The van der Waals surface area contributed by atoms with Gasteiger partial charge in [-0.2, -0.15) is 4.98 Å². The molecular formula is C12H11FN4O4. The number of hydrogen-bond donors (Lipinski definition) is 3. The fraction of sp³-hybridized carbons (Fsp3) is 0.167. The number of benzene rings is 1. The van der Waals surface area contributed by atoms with E-state index in [9.17, 15) is 14.0 Å². The number of nitrogens with one attached hydrogen (secondary N) is 2. The molecule has 0 fully saturated rings. The van der Waals surface area contributed by atoms with Crippen LogP contribution in [0.25, 0.3) is 0 Å². The highest BCUT2D eigenvalue weighted by molar-refractivity contribution is 5.93. The van der Waals surface area contributed by atoms with Crippen LogP contribution in [0.3, 0.4) is 0 Å². The van der Waals surface area contributed by atoms with Crippen molar-refractivity contribution in [2.45, 2.75) is 6.42 Å². The number of anilines is 1. The highest BCUT2D eigenvalue weighted by atomic mass is 19.1. The molecule has 3 N–H and O–H groups in total. The Bertz CT molecular complexity index is 645. The Balaban J connectivity index is 1.87. The molecule has 110 valence electrons. The molecule has 0 aliphatic heterocycles. The minimum absolute atomic E-state index is 0.170. The molecule has 0 saturated heterocycles. The lowest BCUT2D eigenvalue weighted by Crippen LogP contribution is -2.30. The summed E-state index contributed by atoms with van der Waals surface area (Å²) in [7, 11) is 0. The van der Waals surface area contributed by atoms with Crippen molar-refractivity contribution >= 4 is 17.7 Å². The van der Waals surface area contributed by atoms with Crippen LogP contribution in [0.5, 0.6) is 0 Å². The first-order valence-corrected chi connectivity index (χ1v) is 5.89. The van der Waals surface area contributed by atoms with Crippen molar-refractivity contribution in [2.24, 2.45) is 0 Å². The molecule has 0 saturated carbocycles. The van der Waals surface area contributed by atoms with Gasteiger partial charge >= 0.3 is 12.0 Å². The van der Waals surface area contributed by atoms with E-state index in [1.165, 1.54) is 12.4 Å². The second-order valence-electron chi connectivity index (χ2n) is 3.97. The fourth-order valence-electron chi connectivity index (χ4n) is 1.53. The van der Waals surface area contributed by atoms with Crippen LogP contribution in [0.15, 0.2) is 29.0 Å². The van der Waals surface area contributed by atoms with E-state index in [0.29, 0.717) is 12.3 Å². The molecule has 9 heteroatoms. The number of aromatic nitrogens is 2. The molecule has 2 rings (SSSR count). The Labute approximate surface area is 118 Å². The summed E-state index contributed by atoms with van der Waals surface area (Å²) in [5, 5.41) is 17.1. The molecule has 0 aliphatic rings. The van der Waals surface area contributed by atoms with E-state index in [4.69, 9.17) is 9.63 Å². The van der Waals surface area contributed by atoms with Crippen LogP contribution < -0.4 is 10.6 Å². The molecule has 8 nitrogen and oxygen atoms in total. The number of carboxylic acid groups (broad SMARTS) is 1. The van der Waals surface area contributed by atoms with Crippen LogP contribution in [-0.4, -0.2) is 33.8 Å². The Morgan fingerprint density at radius 2 is 2.19 bits per heavy atom. The van der Waals surface area contributed by atoms with Gasteiger partial charge < -0.3 is 20.3 Å². The monoisotopic (exact) mass is 294 g/mol. The summed E-state index contributed by atoms with van der Waals surface area (Å²) < 4.78 is 17.9. The summed E-state index contributed by atoms with van der Waals surface area (Å²) in [5.74, 6) is -1.90. The number of hydrogen-bond acceptors (Lipinski definition) is 5. The van der Waals surface area contributed by atoms with Gasteiger partial charge in [-0.25, -0.2) is 14.0 Å². The Morgan fingerprint density at radius 1 is 1.38 bits per heavy atom. The van der Waals surface area contributed by atoms with Gasteiger partial charge in [0.15, 0.2) is 6.33 Å². The zero-order valence-electron chi connectivity index (χ0n) is 10.7. The average Bonchev–Trinajstić information content (AvgIpc) is 2.94. The highest BCUT2D eigenvalue weighted by Crippen LogP contribution is 2.14. The van der Waals surface area contributed by atoms with E-state index in [1.807, 2.05) is 0 Å². The van der Waals surface area contributed by atoms with E-state index < -0.39 is 23.4 Å². The molecule has 2 amide bonds. The predicted molar refractivity (Wildman–Crippen MR) is 68.4 cm³/mol. The minimum atomic E-state index is -1.41. The van der Waals surface area contributed by atoms with Crippen LogP contribution in [0.2, 0.25) is 0 Å². The second-order valence-corrected chi connectivity index (χ2v) is 3.97. The van der Waals surface area contributed by atoms with Crippen molar-refractivity contribution in [2.75, 3.05) is 11.9 Å². The largest absolute Gasteiger partial charge is 0.478 e. The van der Waals surface area contributed by atoms with Crippen molar-refractivity contribution in [3.05, 3.63) is 41.8 Å². The molecule has 21 heavy (non-hydrogen) atoms. The average molecular weight is 294 g/mol. The molecule has 1 aromatic heterocycles. The number of carbonyl (C=O) groups excluding carboxylic acids is 1. The number of aromatic carboxylic acids is 1. The van der Waals surface area contributed by atoms with E-state index in [-0.39, 0.29) is 12.2 Å². The SMILES string of the molecule is O=C(NCCc1ncno1)Nc1ccc(F)c(C(=O)O)c1. The maximum atomic E-state index is 13.2. The topological polar surface area (TPSA) is 117 Å². The van der Waals surface area contributed by atoms with Crippen LogP contribution in [0, 0.1) is 5.82 Å². The van der Waals surface area contributed by atoms with E-state index in [1.54, 1.807) is 0 Å². The summed E-state index contributed by atoms with van der Waals surface area (Å²) in [6.07, 6.45) is 1.61. The number of nitrogens with zero attached hydrogens (tertiary/aromatic N) is 2. The normalized spacial score (nSPS) is 10.1. The van der Waals surface area contributed by atoms with Crippen molar-refractivity contribution in [3.63, 3.8) is 0 Å². The van der Waals surface area contributed by atoms with Gasteiger partial charge in [0.1, 0.15) is 5.82 Å². The third-order valence-corrected chi connectivity index (χ3v) is 2.49. The first-order valence-electron chi connectivity index (χ1n) is 5.89. The lowest BCUT2D eigenvalue weighted by atomic mass is 10.2. The molecule has 0 radical (unpaired) electrons. The van der Waals surface area contributed by atoms with Gasteiger partial charge in [0.25, 0.3) is 0 Å². The minimum Gasteiger partial charge on any atom is -0.478 e. The summed E-state index contributed by atoms with van der Waals surface area (Å²) in [6, 6.07) is 2.71. The van der Waals surface area contributed by atoms with Crippen LogP contribution in [-0.2, 0) is 6.42 Å². The van der Waals surface area contributed by atoms with Crippen molar-refractivity contribution < 1.29 is 23.6 Å². The van der Waals surface area contributed by atoms with E-state index >= 15 is 0 Å². The van der Waals surface area contributed by atoms with Gasteiger partial charge in [0.05, 0.1) is 5.56 Å². The quantitative estimate of drug-likeness (QED) is 0.764. The zero-order chi connectivity index (χ0) is 15.2. The maximum Gasteiger partial charge on any atom is 0.338 e. The Hall–Kier alpha value is -2.97. The molecule has 0 unspecified atom stereocenters. The van der Waals surface area contributed by atoms with Crippen molar-refractivity contribution in [1.82, 2.24) is 15.5 Å². The molecule has 0 spiro atoms. The first kappa shape index (κ1) is 14.4. The fourth-order valence-corrected chi connectivity index (χ4v) is 1.53. The smallest absolute Gasteiger partial charge is 0.338 e. The second kappa shape index (κ2) is 6.46. The zero-order valence-corrected chi connectivity index (χ0v) is 10.7. The molecule has 0 bridgehead atoms. The van der Waals surface area contributed by atoms with Gasteiger partial charge in [-0.1, -0.05) is 5.16 Å². The first-order chi connectivity index (χ1) is 10.1. The van der Waals surface area contributed by atoms with E-state index in [2.05, 4.69) is 20.8 Å². The van der Waals surface area contributed by atoms with Crippen LogP contribution in [0.4, 0.5) is 14.9 Å². The number of amides is 2. The van der Waals surface area contributed by atoms with Gasteiger partial charge in [0.2, 0.25) is 5.89 Å². The van der Waals surface area contributed by atoms with Crippen LogP contribution in [0.1, 0.15) is 16.2 Å². The van der Waals surface area contributed by atoms with Crippen molar-refractivity contribution in [3.8, 4) is 0 Å². The standard InChI is InChI=1S/C12H11FN4O4/c13-9-2-1-7(5-8(9)11(18)19)17-12(20)14-4-3-10-15-6-16-21-10/h1-2,5-6H,3-4H2,(H,18,19)(H2,14,17,20). The molecule has 2 aromatic rings. The Morgan fingerprint density at radius 3 is 2.86 bits per heavy atom. The van der Waals surface area contributed by atoms with Gasteiger partial charge in [-0.15, -0.1) is 0 Å². The highest BCUT2D eigenvalue weighted by Gasteiger charge is 2.12. The van der Waals surface area contributed by atoms with Gasteiger partial charge in [0, 0.05) is 18.7 Å². The summed E-state index contributed by atoms with van der Waals surface area (Å²) >= 11 is 0. The summed E-state index contributed by atoms with van der Waals surface area (Å²) in [5.41, 5.74) is -0.345.